The van der Waals surface area contributed by atoms with E-state index in [0.717, 1.165) is 21.5 Å². The second-order valence-corrected chi connectivity index (χ2v) is 7.32. The molecule has 1 fully saturated rings. The minimum atomic E-state index is -0.320. The van der Waals surface area contributed by atoms with Crippen molar-refractivity contribution in [2.45, 2.75) is 51.1 Å². The van der Waals surface area contributed by atoms with Gasteiger partial charge in [0, 0.05) is 10.9 Å². The molecule has 0 saturated heterocycles. The highest BCUT2D eigenvalue weighted by atomic mass is 79.9. The molecule has 1 atom stereocenters. The molecule has 0 amide bonds. The van der Waals surface area contributed by atoms with Gasteiger partial charge in [0.15, 0.2) is 0 Å². The van der Waals surface area contributed by atoms with Crippen molar-refractivity contribution < 1.29 is 9.53 Å². The van der Waals surface area contributed by atoms with Gasteiger partial charge in [-0.2, -0.15) is 0 Å². The topological polar surface area (TPSA) is 38.3 Å². The van der Waals surface area contributed by atoms with Gasteiger partial charge in [0.25, 0.3) is 0 Å². The molecule has 1 saturated carbocycles. The fraction of sp³-hybridized carbons (Fsp3) is 0.643. The zero-order chi connectivity index (χ0) is 13.7. The highest BCUT2D eigenvalue weighted by molar-refractivity contribution is 9.11. The molecule has 2 rings (SSSR count). The van der Waals surface area contributed by atoms with Gasteiger partial charge in [-0.05, 0) is 47.8 Å². The number of hydrogen-bond donors (Lipinski definition) is 1. The number of carbonyl (C=O) groups excluding carboxylic acids is 1. The predicted molar refractivity (Wildman–Crippen MR) is 81.4 cm³/mol. The van der Waals surface area contributed by atoms with Gasteiger partial charge in [-0.3, -0.25) is 5.32 Å². The fourth-order valence-electron chi connectivity index (χ4n) is 2.48. The summed E-state index contributed by atoms with van der Waals surface area (Å²) in [6, 6.07) is 4.09. The van der Waals surface area contributed by atoms with Crippen LogP contribution in [-0.2, 0) is 9.53 Å². The summed E-state index contributed by atoms with van der Waals surface area (Å²) in [6.07, 6.45) is 6.13. The Labute approximate surface area is 126 Å². The molecule has 1 aliphatic carbocycles. The van der Waals surface area contributed by atoms with Crippen LogP contribution in [0.4, 0.5) is 0 Å². The normalized spacial score (nSPS) is 18.2. The Hall–Kier alpha value is -0.390. The van der Waals surface area contributed by atoms with E-state index in [1.54, 1.807) is 11.3 Å². The van der Waals surface area contributed by atoms with Gasteiger partial charge >= 0.3 is 5.97 Å². The quantitative estimate of drug-likeness (QED) is 0.818. The minimum absolute atomic E-state index is 0.164. The lowest BCUT2D eigenvalue weighted by atomic mass is 9.95. The van der Waals surface area contributed by atoms with Crippen LogP contribution in [0.25, 0.3) is 0 Å². The maximum absolute atomic E-state index is 12.1. The zero-order valence-corrected chi connectivity index (χ0v) is 13.6. The molecule has 1 heterocycles. The van der Waals surface area contributed by atoms with Crippen molar-refractivity contribution in [2.24, 2.45) is 0 Å². The number of rotatable bonds is 5. The van der Waals surface area contributed by atoms with Crippen LogP contribution in [-0.4, -0.2) is 18.6 Å². The number of ether oxygens (including phenoxy) is 1. The van der Waals surface area contributed by atoms with E-state index in [1.165, 1.54) is 19.3 Å². The van der Waals surface area contributed by atoms with E-state index in [1.807, 2.05) is 19.1 Å². The Balaban J connectivity index is 2.07. The Morgan fingerprint density at radius 1 is 1.47 bits per heavy atom. The number of hydrogen-bond acceptors (Lipinski definition) is 4. The molecule has 3 nitrogen and oxygen atoms in total. The highest BCUT2D eigenvalue weighted by Gasteiger charge is 2.27. The number of thiophene rings is 1. The van der Waals surface area contributed by atoms with Crippen LogP contribution in [0.2, 0.25) is 0 Å². The molecule has 1 aliphatic rings. The third-order valence-electron chi connectivity index (χ3n) is 3.41. The molecule has 1 aromatic heterocycles. The van der Waals surface area contributed by atoms with Gasteiger partial charge in [0.1, 0.15) is 6.04 Å². The molecule has 0 bridgehead atoms. The first-order valence-corrected chi connectivity index (χ1v) is 8.49. The first kappa shape index (κ1) is 15.0. The van der Waals surface area contributed by atoms with E-state index >= 15 is 0 Å². The monoisotopic (exact) mass is 345 g/mol. The standard InChI is InChI=1S/C14H20BrNO2S/c1-2-18-14(17)13(11-8-9-12(15)19-11)16-10-6-4-3-5-7-10/h8-10,13,16H,2-7H2,1H3. The number of esters is 1. The van der Waals surface area contributed by atoms with Crippen molar-refractivity contribution in [3.8, 4) is 0 Å². The molecule has 1 aromatic rings. The highest BCUT2D eigenvalue weighted by Crippen LogP contribution is 2.30. The van der Waals surface area contributed by atoms with Gasteiger partial charge in [-0.15, -0.1) is 11.3 Å². The minimum Gasteiger partial charge on any atom is -0.465 e. The largest absolute Gasteiger partial charge is 0.465 e. The summed E-state index contributed by atoms with van der Waals surface area (Å²) in [5.74, 6) is -0.164. The third kappa shape index (κ3) is 4.29. The summed E-state index contributed by atoms with van der Waals surface area (Å²) in [5.41, 5.74) is 0. The smallest absolute Gasteiger partial charge is 0.328 e. The van der Waals surface area contributed by atoms with E-state index in [0.29, 0.717) is 12.6 Å². The maximum atomic E-state index is 12.1. The SMILES string of the molecule is CCOC(=O)C(NC1CCCCC1)c1ccc(Br)s1. The second-order valence-electron chi connectivity index (χ2n) is 4.83. The molecule has 19 heavy (non-hydrogen) atoms. The Morgan fingerprint density at radius 3 is 2.79 bits per heavy atom. The van der Waals surface area contributed by atoms with Crippen molar-refractivity contribution in [1.82, 2.24) is 5.32 Å². The summed E-state index contributed by atoms with van der Waals surface area (Å²) in [5, 5.41) is 3.49. The molecule has 1 unspecified atom stereocenters. The van der Waals surface area contributed by atoms with Gasteiger partial charge in [0.05, 0.1) is 10.4 Å². The molecule has 0 aliphatic heterocycles. The number of nitrogens with one attached hydrogen (secondary N) is 1. The Bertz CT molecular complexity index is 415. The van der Waals surface area contributed by atoms with Crippen molar-refractivity contribution in [2.75, 3.05) is 6.61 Å². The van der Waals surface area contributed by atoms with Crippen molar-refractivity contribution in [3.63, 3.8) is 0 Å². The first-order chi connectivity index (χ1) is 9.20. The average molecular weight is 346 g/mol. The van der Waals surface area contributed by atoms with E-state index in [4.69, 9.17) is 4.74 Å². The lowest BCUT2D eigenvalue weighted by molar-refractivity contribution is -0.146. The van der Waals surface area contributed by atoms with Gasteiger partial charge in [0.2, 0.25) is 0 Å². The second kappa shape index (κ2) is 7.41. The fourth-order valence-corrected chi connectivity index (χ4v) is 3.95. The molecule has 5 heteroatoms. The molecule has 0 spiro atoms. The summed E-state index contributed by atoms with van der Waals surface area (Å²) in [6.45, 7) is 2.27. The van der Waals surface area contributed by atoms with Crippen LogP contribution in [0, 0.1) is 0 Å². The van der Waals surface area contributed by atoms with Crippen LogP contribution in [0.5, 0.6) is 0 Å². The third-order valence-corrected chi connectivity index (χ3v) is 5.10. The van der Waals surface area contributed by atoms with E-state index < -0.39 is 0 Å². The maximum Gasteiger partial charge on any atom is 0.328 e. The van der Waals surface area contributed by atoms with Gasteiger partial charge < -0.3 is 4.74 Å². The van der Waals surface area contributed by atoms with Crippen molar-refractivity contribution in [3.05, 3.63) is 20.8 Å². The Morgan fingerprint density at radius 2 is 2.21 bits per heavy atom. The van der Waals surface area contributed by atoms with E-state index in [-0.39, 0.29) is 12.0 Å². The van der Waals surface area contributed by atoms with Crippen LogP contribution in [0.3, 0.4) is 0 Å². The lowest BCUT2D eigenvalue weighted by Crippen LogP contribution is -2.38. The predicted octanol–water partition coefficient (Wildman–Crippen LogP) is 4.04. The van der Waals surface area contributed by atoms with E-state index in [9.17, 15) is 4.79 Å². The number of halogens is 1. The zero-order valence-electron chi connectivity index (χ0n) is 11.2. The Kier molecular flexibility index (Phi) is 5.85. The van der Waals surface area contributed by atoms with Crippen LogP contribution < -0.4 is 5.32 Å². The average Bonchev–Trinajstić information content (AvgIpc) is 2.84. The molecule has 1 N–H and O–H groups in total. The van der Waals surface area contributed by atoms with Crippen LogP contribution >= 0.6 is 27.3 Å². The molecule has 0 aromatic carbocycles. The summed E-state index contributed by atoms with van der Waals surface area (Å²) in [4.78, 5) is 13.2. The van der Waals surface area contributed by atoms with Gasteiger partial charge in [-0.1, -0.05) is 19.3 Å². The molecule has 0 radical (unpaired) electrons. The van der Waals surface area contributed by atoms with Crippen molar-refractivity contribution in [1.29, 1.82) is 0 Å². The molecular formula is C14H20BrNO2S. The van der Waals surface area contributed by atoms with Crippen LogP contribution in [0.1, 0.15) is 49.9 Å². The summed E-state index contributed by atoms with van der Waals surface area (Å²) in [7, 11) is 0. The van der Waals surface area contributed by atoms with Crippen LogP contribution in [0.15, 0.2) is 15.9 Å². The molecule has 106 valence electrons. The summed E-state index contributed by atoms with van der Waals surface area (Å²) >= 11 is 5.04. The lowest BCUT2D eigenvalue weighted by Gasteiger charge is -2.27. The van der Waals surface area contributed by atoms with Gasteiger partial charge in [-0.25, -0.2) is 4.79 Å². The summed E-state index contributed by atoms with van der Waals surface area (Å²) < 4.78 is 6.24. The first-order valence-electron chi connectivity index (χ1n) is 6.88. The molecular weight excluding hydrogens is 326 g/mol. The van der Waals surface area contributed by atoms with Crippen molar-refractivity contribution >= 4 is 33.2 Å². The van der Waals surface area contributed by atoms with E-state index in [2.05, 4.69) is 21.2 Å². The number of carbonyl (C=O) groups is 1.